The Kier molecular flexibility index (Phi) is 3.79. The predicted octanol–water partition coefficient (Wildman–Crippen LogP) is 3.15. The SMILES string of the molecule is CCC1COc2nc(Cl)c(F)c3nc(SC)nc(c23)N1C. The molecule has 0 saturated carbocycles. The highest BCUT2D eigenvalue weighted by atomic mass is 35.5. The highest BCUT2D eigenvalue weighted by molar-refractivity contribution is 7.98. The molecule has 8 heteroatoms. The van der Waals surface area contributed by atoms with Gasteiger partial charge < -0.3 is 9.64 Å². The largest absolute Gasteiger partial charge is 0.475 e. The van der Waals surface area contributed by atoms with Gasteiger partial charge in [-0.05, 0) is 12.7 Å². The molecule has 0 radical (unpaired) electrons. The van der Waals surface area contributed by atoms with E-state index in [9.17, 15) is 4.39 Å². The molecule has 0 fully saturated rings. The van der Waals surface area contributed by atoms with E-state index in [-0.39, 0.29) is 16.7 Å². The summed E-state index contributed by atoms with van der Waals surface area (Å²) in [5.41, 5.74) is 0.156. The summed E-state index contributed by atoms with van der Waals surface area (Å²) in [6.45, 7) is 2.51. The fourth-order valence-corrected chi connectivity index (χ4v) is 2.91. The van der Waals surface area contributed by atoms with Crippen molar-refractivity contribution in [2.24, 2.45) is 0 Å². The van der Waals surface area contributed by atoms with Crippen molar-refractivity contribution in [3.63, 3.8) is 0 Å². The van der Waals surface area contributed by atoms with E-state index in [4.69, 9.17) is 16.3 Å². The van der Waals surface area contributed by atoms with E-state index >= 15 is 0 Å². The maximum atomic E-state index is 14.3. The van der Waals surface area contributed by atoms with Gasteiger partial charge in [0.15, 0.2) is 16.1 Å². The van der Waals surface area contributed by atoms with E-state index in [0.717, 1.165) is 6.42 Å². The Morgan fingerprint density at radius 3 is 2.86 bits per heavy atom. The molecule has 1 aliphatic rings. The van der Waals surface area contributed by atoms with Gasteiger partial charge in [0.1, 0.15) is 23.3 Å². The summed E-state index contributed by atoms with van der Waals surface area (Å²) in [5, 5.41) is 0.744. The van der Waals surface area contributed by atoms with Crippen LogP contribution < -0.4 is 9.64 Å². The number of aromatic nitrogens is 3. The van der Waals surface area contributed by atoms with Crippen LogP contribution in [0.2, 0.25) is 5.15 Å². The number of pyridine rings is 1. The third-order valence-electron chi connectivity index (χ3n) is 3.62. The van der Waals surface area contributed by atoms with Crippen LogP contribution in [0.3, 0.4) is 0 Å². The Hall–Kier alpha value is -1.34. The van der Waals surface area contributed by atoms with E-state index in [2.05, 4.69) is 21.9 Å². The molecule has 2 aromatic heterocycles. The molecule has 0 aliphatic carbocycles. The van der Waals surface area contributed by atoms with Gasteiger partial charge in [0.2, 0.25) is 5.88 Å². The number of anilines is 1. The van der Waals surface area contributed by atoms with Crippen LogP contribution in [0.25, 0.3) is 10.9 Å². The molecule has 0 amide bonds. The van der Waals surface area contributed by atoms with Crippen LogP contribution in [0.4, 0.5) is 10.2 Å². The lowest BCUT2D eigenvalue weighted by atomic mass is 10.2. The molecule has 0 aromatic carbocycles. The van der Waals surface area contributed by atoms with Crippen molar-refractivity contribution in [3.05, 3.63) is 11.0 Å². The number of ether oxygens (including phenoxy) is 1. The van der Waals surface area contributed by atoms with Gasteiger partial charge in [-0.2, -0.15) is 4.98 Å². The third kappa shape index (κ3) is 2.28. The molecule has 21 heavy (non-hydrogen) atoms. The normalized spacial score (nSPS) is 17.8. The molecular weight excluding hydrogens is 315 g/mol. The van der Waals surface area contributed by atoms with Gasteiger partial charge in [0.25, 0.3) is 0 Å². The standard InChI is InChI=1S/C13H14ClFN4OS/c1-4-6-5-20-12-7-9(8(15)10(14)17-12)16-13(21-3)18-11(7)19(6)2/h6H,4-5H2,1-3H3. The van der Waals surface area contributed by atoms with Gasteiger partial charge in [-0.25, -0.2) is 14.4 Å². The first-order valence-electron chi connectivity index (χ1n) is 6.53. The van der Waals surface area contributed by atoms with Crippen LogP contribution >= 0.6 is 23.4 Å². The number of hydrogen-bond donors (Lipinski definition) is 0. The summed E-state index contributed by atoms with van der Waals surface area (Å²) < 4.78 is 20.0. The Balaban J connectivity index is 2.38. The van der Waals surface area contributed by atoms with Crippen molar-refractivity contribution in [2.75, 3.05) is 24.8 Å². The van der Waals surface area contributed by atoms with Crippen molar-refractivity contribution in [1.29, 1.82) is 0 Å². The van der Waals surface area contributed by atoms with E-state index < -0.39 is 5.82 Å². The minimum Gasteiger partial charge on any atom is -0.475 e. The molecule has 0 N–H and O–H groups in total. The maximum absolute atomic E-state index is 14.3. The van der Waals surface area contributed by atoms with Gasteiger partial charge in [0.05, 0.1) is 6.04 Å². The number of likely N-dealkylation sites (N-methyl/N-ethyl adjacent to an activating group) is 1. The lowest BCUT2D eigenvalue weighted by Crippen LogP contribution is -2.35. The average molecular weight is 329 g/mol. The molecule has 5 nitrogen and oxygen atoms in total. The fourth-order valence-electron chi connectivity index (χ4n) is 2.38. The van der Waals surface area contributed by atoms with E-state index in [1.54, 1.807) is 0 Å². The van der Waals surface area contributed by atoms with Crippen LogP contribution in [-0.2, 0) is 0 Å². The quantitative estimate of drug-likeness (QED) is 0.479. The molecular formula is C13H14ClFN4OS. The summed E-state index contributed by atoms with van der Waals surface area (Å²) in [7, 11) is 1.92. The second-order valence-corrected chi connectivity index (χ2v) is 5.89. The Morgan fingerprint density at radius 1 is 1.43 bits per heavy atom. The smallest absolute Gasteiger partial charge is 0.228 e. The molecule has 1 atom stereocenters. The summed E-state index contributed by atoms with van der Waals surface area (Å²) >= 11 is 7.21. The molecule has 112 valence electrons. The molecule has 3 rings (SSSR count). The second kappa shape index (κ2) is 5.46. The topological polar surface area (TPSA) is 51.1 Å². The number of halogens is 2. The predicted molar refractivity (Wildman–Crippen MR) is 82.1 cm³/mol. The fraction of sp³-hybridized carbons (Fsp3) is 0.462. The zero-order chi connectivity index (χ0) is 15.1. The van der Waals surface area contributed by atoms with Crippen molar-refractivity contribution in [2.45, 2.75) is 24.5 Å². The van der Waals surface area contributed by atoms with Gasteiger partial charge in [-0.3, -0.25) is 0 Å². The first-order valence-corrected chi connectivity index (χ1v) is 8.13. The van der Waals surface area contributed by atoms with Crippen LogP contribution in [-0.4, -0.2) is 40.9 Å². The summed E-state index contributed by atoms with van der Waals surface area (Å²) in [4.78, 5) is 14.7. The summed E-state index contributed by atoms with van der Waals surface area (Å²) in [6.07, 6.45) is 2.72. The monoisotopic (exact) mass is 328 g/mol. The lowest BCUT2D eigenvalue weighted by molar-refractivity contribution is 0.279. The zero-order valence-electron chi connectivity index (χ0n) is 11.9. The Labute approximate surface area is 130 Å². The molecule has 2 aromatic rings. The number of hydrogen-bond acceptors (Lipinski definition) is 6. The zero-order valence-corrected chi connectivity index (χ0v) is 13.4. The minimum absolute atomic E-state index is 0.133. The number of thioether (sulfide) groups is 1. The second-order valence-electron chi connectivity index (χ2n) is 4.76. The van der Waals surface area contributed by atoms with Gasteiger partial charge in [-0.1, -0.05) is 30.3 Å². The molecule has 3 heterocycles. The first kappa shape index (κ1) is 14.6. The maximum Gasteiger partial charge on any atom is 0.228 e. The van der Waals surface area contributed by atoms with E-state index in [1.807, 2.05) is 18.2 Å². The highest BCUT2D eigenvalue weighted by Crippen LogP contribution is 2.38. The van der Waals surface area contributed by atoms with Crippen LogP contribution in [0.1, 0.15) is 13.3 Å². The molecule has 1 unspecified atom stereocenters. The average Bonchev–Trinajstić information content (AvgIpc) is 2.63. The molecule has 0 spiro atoms. The van der Waals surface area contributed by atoms with Crippen molar-refractivity contribution in [1.82, 2.24) is 15.0 Å². The van der Waals surface area contributed by atoms with Crippen molar-refractivity contribution < 1.29 is 9.13 Å². The van der Waals surface area contributed by atoms with Crippen LogP contribution in [0.15, 0.2) is 5.16 Å². The van der Waals surface area contributed by atoms with Crippen LogP contribution in [0.5, 0.6) is 5.88 Å². The van der Waals surface area contributed by atoms with E-state index in [1.165, 1.54) is 11.8 Å². The molecule has 0 bridgehead atoms. The van der Waals surface area contributed by atoms with Gasteiger partial charge in [-0.15, -0.1) is 0 Å². The van der Waals surface area contributed by atoms with Crippen molar-refractivity contribution in [3.8, 4) is 5.88 Å². The molecule has 1 aliphatic heterocycles. The summed E-state index contributed by atoms with van der Waals surface area (Å²) in [6, 6.07) is 0.133. The first-order chi connectivity index (χ1) is 10.1. The number of rotatable bonds is 2. The minimum atomic E-state index is -0.638. The summed E-state index contributed by atoms with van der Waals surface area (Å²) in [5.74, 6) is 0.287. The lowest BCUT2D eigenvalue weighted by Gasteiger charge is -2.25. The van der Waals surface area contributed by atoms with Crippen LogP contribution in [0, 0.1) is 5.82 Å². The molecule has 0 saturated heterocycles. The van der Waals surface area contributed by atoms with Gasteiger partial charge >= 0.3 is 0 Å². The Morgan fingerprint density at radius 2 is 2.19 bits per heavy atom. The Bertz CT molecular complexity index is 714. The number of nitrogens with zero attached hydrogens (tertiary/aromatic N) is 4. The van der Waals surface area contributed by atoms with Gasteiger partial charge in [0, 0.05) is 7.05 Å². The third-order valence-corrected chi connectivity index (χ3v) is 4.42. The highest BCUT2D eigenvalue weighted by Gasteiger charge is 2.28. The van der Waals surface area contributed by atoms with Crippen molar-refractivity contribution >= 4 is 40.1 Å². The van der Waals surface area contributed by atoms with E-state index in [0.29, 0.717) is 28.8 Å².